The van der Waals surface area contributed by atoms with Gasteiger partial charge in [-0.2, -0.15) is 13.2 Å². The van der Waals surface area contributed by atoms with Gasteiger partial charge in [0.25, 0.3) is 0 Å². The monoisotopic (exact) mass is 453 g/mol. The molecule has 2 aromatic carbocycles. The van der Waals surface area contributed by atoms with E-state index in [1.807, 2.05) is 0 Å². The Bertz CT molecular complexity index is 945. The van der Waals surface area contributed by atoms with Crippen LogP contribution < -0.4 is 0 Å². The van der Waals surface area contributed by atoms with E-state index in [0.717, 1.165) is 0 Å². The first-order chi connectivity index (χ1) is 12.5. The van der Waals surface area contributed by atoms with Crippen LogP contribution in [0.4, 0.5) is 13.2 Å². The molecule has 3 nitrogen and oxygen atoms in total. The maximum atomic E-state index is 14.0. The molecule has 3 rings (SSSR count). The summed E-state index contributed by atoms with van der Waals surface area (Å²) >= 11 is 18.1. The standard InChI is InChI=1S/C17H9Cl3F3NO2S/c18-10-4-9(5-11(19)6-10)16(17(21,22)23)7-14(24-27-16)8-1-2-12(15(25)26)13(20)3-8/h1-6H,7H2,(H,25,26). The lowest BCUT2D eigenvalue weighted by Crippen LogP contribution is -2.38. The van der Waals surface area contributed by atoms with Crippen LogP contribution in [0.3, 0.4) is 0 Å². The number of alkyl halides is 3. The van der Waals surface area contributed by atoms with Gasteiger partial charge in [0.2, 0.25) is 0 Å². The summed E-state index contributed by atoms with van der Waals surface area (Å²) in [5.74, 6) is -1.23. The number of benzene rings is 2. The second-order valence-electron chi connectivity index (χ2n) is 5.79. The number of hydrogen-bond acceptors (Lipinski definition) is 3. The fourth-order valence-corrected chi connectivity index (χ4v) is 4.47. The Morgan fingerprint density at radius 2 is 1.74 bits per heavy atom. The van der Waals surface area contributed by atoms with Gasteiger partial charge in [-0.25, -0.2) is 9.19 Å². The topological polar surface area (TPSA) is 49.7 Å². The van der Waals surface area contributed by atoms with Crippen LogP contribution in [-0.2, 0) is 4.75 Å². The van der Waals surface area contributed by atoms with Crippen LogP contribution in [-0.4, -0.2) is 23.0 Å². The molecule has 1 aliphatic heterocycles. The van der Waals surface area contributed by atoms with Gasteiger partial charge >= 0.3 is 12.1 Å². The Kier molecular flexibility index (Phi) is 5.42. The lowest BCUT2D eigenvalue weighted by molar-refractivity contribution is -0.159. The van der Waals surface area contributed by atoms with Crippen LogP contribution in [0.15, 0.2) is 40.8 Å². The summed E-state index contributed by atoms with van der Waals surface area (Å²) in [7, 11) is 0. The van der Waals surface area contributed by atoms with Crippen molar-refractivity contribution in [3.8, 4) is 0 Å². The maximum absolute atomic E-state index is 14.0. The molecule has 0 saturated carbocycles. The first-order valence-corrected chi connectivity index (χ1v) is 9.26. The van der Waals surface area contributed by atoms with Gasteiger partial charge in [-0.3, -0.25) is 0 Å². The quantitative estimate of drug-likeness (QED) is 0.529. The van der Waals surface area contributed by atoms with Crippen LogP contribution in [0.5, 0.6) is 0 Å². The van der Waals surface area contributed by atoms with Crippen molar-refractivity contribution >= 4 is 58.4 Å². The predicted molar refractivity (Wildman–Crippen MR) is 101 cm³/mol. The Labute approximate surface area is 171 Å². The van der Waals surface area contributed by atoms with E-state index < -0.39 is 23.3 Å². The van der Waals surface area contributed by atoms with Crippen molar-refractivity contribution < 1.29 is 23.1 Å². The second kappa shape index (κ2) is 7.20. The number of aromatic carboxylic acids is 1. The summed E-state index contributed by atoms with van der Waals surface area (Å²) in [5, 5.41) is 9.11. The molecule has 1 atom stereocenters. The highest BCUT2D eigenvalue weighted by atomic mass is 35.5. The summed E-state index contributed by atoms with van der Waals surface area (Å²) in [6, 6.07) is 7.69. The fourth-order valence-electron chi connectivity index (χ4n) is 2.71. The van der Waals surface area contributed by atoms with Crippen LogP contribution in [0.2, 0.25) is 15.1 Å². The van der Waals surface area contributed by atoms with E-state index >= 15 is 0 Å². The van der Waals surface area contributed by atoms with E-state index in [1.54, 1.807) is 0 Å². The lowest BCUT2D eigenvalue weighted by atomic mass is 9.89. The van der Waals surface area contributed by atoms with E-state index in [0.29, 0.717) is 17.5 Å². The van der Waals surface area contributed by atoms with Gasteiger partial charge in [0.15, 0.2) is 4.75 Å². The molecule has 0 spiro atoms. The molecule has 0 aliphatic carbocycles. The molecule has 142 valence electrons. The summed E-state index contributed by atoms with van der Waals surface area (Å²) < 4.78 is 43.7. The summed E-state index contributed by atoms with van der Waals surface area (Å²) in [6.07, 6.45) is -5.11. The Balaban J connectivity index is 2.02. The van der Waals surface area contributed by atoms with E-state index in [4.69, 9.17) is 39.9 Å². The normalized spacial score (nSPS) is 19.9. The number of hydrogen-bond donors (Lipinski definition) is 1. The van der Waals surface area contributed by atoms with Gasteiger partial charge in [-0.15, -0.1) is 0 Å². The molecule has 0 fully saturated rings. The largest absolute Gasteiger partial charge is 0.478 e. The Morgan fingerprint density at radius 3 is 2.26 bits per heavy atom. The van der Waals surface area contributed by atoms with Gasteiger partial charge in [-0.1, -0.05) is 40.9 Å². The molecule has 1 unspecified atom stereocenters. The predicted octanol–water partition coefficient (Wildman–Crippen LogP) is 6.64. The molecule has 10 heteroatoms. The molecule has 1 aliphatic rings. The highest BCUT2D eigenvalue weighted by Crippen LogP contribution is 2.57. The zero-order chi connectivity index (χ0) is 20.0. The fraction of sp³-hybridized carbons (Fsp3) is 0.176. The molecular formula is C17H9Cl3F3NO2S. The molecule has 0 saturated heterocycles. The minimum Gasteiger partial charge on any atom is -0.478 e. The average Bonchev–Trinajstić information content (AvgIpc) is 3.00. The van der Waals surface area contributed by atoms with Crippen molar-refractivity contribution in [1.29, 1.82) is 0 Å². The summed E-state index contributed by atoms with van der Waals surface area (Å²) in [4.78, 5) is 11.0. The van der Waals surface area contributed by atoms with Gasteiger partial charge in [0.1, 0.15) is 0 Å². The molecule has 1 N–H and O–H groups in total. The van der Waals surface area contributed by atoms with Gasteiger partial charge in [0, 0.05) is 16.5 Å². The van der Waals surface area contributed by atoms with Crippen LogP contribution >= 0.6 is 46.8 Å². The number of carboxylic acids is 1. The highest BCUT2D eigenvalue weighted by molar-refractivity contribution is 7.99. The smallest absolute Gasteiger partial charge is 0.409 e. The lowest BCUT2D eigenvalue weighted by Gasteiger charge is -2.30. The van der Waals surface area contributed by atoms with Gasteiger partial charge in [-0.05, 0) is 53.4 Å². The first-order valence-electron chi connectivity index (χ1n) is 7.35. The number of carbonyl (C=O) groups is 1. The molecule has 27 heavy (non-hydrogen) atoms. The first kappa shape index (κ1) is 20.3. The Morgan fingerprint density at radius 1 is 1.11 bits per heavy atom. The second-order valence-corrected chi connectivity index (χ2v) is 8.13. The minimum absolute atomic E-state index is 0.0805. The Hall–Kier alpha value is -1.41. The van der Waals surface area contributed by atoms with Gasteiger partial charge < -0.3 is 5.11 Å². The third-order valence-corrected chi connectivity index (χ3v) is 6.03. The van der Waals surface area contributed by atoms with Crippen molar-refractivity contribution in [2.24, 2.45) is 4.40 Å². The number of carboxylic acid groups (broad SMARTS) is 1. The molecule has 1 heterocycles. The van der Waals surface area contributed by atoms with Crippen LogP contribution in [0.1, 0.15) is 27.9 Å². The van der Waals surface area contributed by atoms with Crippen molar-refractivity contribution in [2.45, 2.75) is 17.3 Å². The molecule has 0 radical (unpaired) electrons. The number of nitrogens with zero attached hydrogens (tertiary/aromatic N) is 1. The third-order valence-electron chi connectivity index (χ3n) is 4.05. The number of halogens is 6. The van der Waals surface area contributed by atoms with Crippen molar-refractivity contribution in [3.05, 3.63) is 68.2 Å². The van der Waals surface area contributed by atoms with E-state index in [2.05, 4.69) is 4.40 Å². The minimum atomic E-state index is -4.64. The van der Waals surface area contributed by atoms with Crippen molar-refractivity contribution in [2.75, 3.05) is 0 Å². The SMILES string of the molecule is O=C(O)c1ccc(C2=NSC(c3cc(Cl)cc(Cl)c3)(C(F)(F)F)C2)cc1Cl. The molecular weight excluding hydrogens is 446 g/mol. The van der Waals surface area contributed by atoms with E-state index in [9.17, 15) is 18.0 Å². The maximum Gasteiger partial charge on any atom is 0.409 e. The molecule has 2 aromatic rings. The zero-order valence-electron chi connectivity index (χ0n) is 13.1. The van der Waals surface area contributed by atoms with E-state index in [-0.39, 0.29) is 31.9 Å². The number of rotatable bonds is 3. The average molecular weight is 455 g/mol. The highest BCUT2D eigenvalue weighted by Gasteiger charge is 2.60. The van der Waals surface area contributed by atoms with E-state index in [1.165, 1.54) is 36.4 Å². The summed E-state index contributed by atoms with van der Waals surface area (Å²) in [6.45, 7) is 0. The van der Waals surface area contributed by atoms with Gasteiger partial charge in [0.05, 0.1) is 16.3 Å². The van der Waals surface area contributed by atoms with Crippen LogP contribution in [0, 0.1) is 0 Å². The molecule has 0 bridgehead atoms. The van der Waals surface area contributed by atoms with Crippen LogP contribution in [0.25, 0.3) is 0 Å². The summed E-state index contributed by atoms with van der Waals surface area (Å²) in [5.41, 5.74) is 0.212. The van der Waals surface area contributed by atoms with Crippen molar-refractivity contribution in [3.63, 3.8) is 0 Å². The van der Waals surface area contributed by atoms with Crippen molar-refractivity contribution in [1.82, 2.24) is 0 Å². The molecule has 0 amide bonds. The molecule has 0 aromatic heterocycles. The third kappa shape index (κ3) is 3.78. The zero-order valence-corrected chi connectivity index (χ0v) is 16.2.